The Hall–Kier alpha value is -1.36. The molecule has 1 N–H and O–H groups in total. The summed E-state index contributed by atoms with van der Waals surface area (Å²) in [5, 5.41) is 3.11. The van der Waals surface area contributed by atoms with Gasteiger partial charge in [0.2, 0.25) is 5.91 Å². The van der Waals surface area contributed by atoms with Gasteiger partial charge in [-0.25, -0.2) is 0 Å². The number of hydrogen-bond acceptors (Lipinski definition) is 3. The Kier molecular flexibility index (Phi) is 5.08. The lowest BCUT2D eigenvalue weighted by Gasteiger charge is -2.33. The van der Waals surface area contributed by atoms with E-state index in [0.717, 1.165) is 49.9 Å². The first-order chi connectivity index (χ1) is 12.8. The number of aryl methyl sites for hydroxylation is 1. The van der Waals surface area contributed by atoms with Crippen LogP contribution in [0.5, 0.6) is 0 Å². The maximum Gasteiger partial charge on any atom is 0.263 e. The lowest BCUT2D eigenvalue weighted by molar-refractivity contribution is -0.126. The molecule has 1 aliphatic heterocycles. The summed E-state index contributed by atoms with van der Waals surface area (Å²) in [5.41, 5.74) is 1.70. The molecular weight excluding hydrogens is 356 g/mol. The molecule has 2 heterocycles. The second-order valence-corrected chi connectivity index (χ2v) is 10.9. The maximum absolute atomic E-state index is 13.1. The molecule has 0 aromatic carbocycles. The summed E-state index contributed by atoms with van der Waals surface area (Å²) < 4.78 is 0. The Labute approximate surface area is 166 Å². The van der Waals surface area contributed by atoms with Gasteiger partial charge in [0.15, 0.2) is 0 Å². The van der Waals surface area contributed by atoms with Crippen LogP contribution in [0.25, 0.3) is 0 Å². The van der Waals surface area contributed by atoms with Gasteiger partial charge >= 0.3 is 0 Å². The summed E-state index contributed by atoms with van der Waals surface area (Å²) in [5.74, 6) is 0.926. The minimum atomic E-state index is -0.0387. The predicted molar refractivity (Wildman–Crippen MR) is 109 cm³/mol. The molecule has 3 aliphatic rings. The van der Waals surface area contributed by atoms with Gasteiger partial charge in [0.05, 0.1) is 10.8 Å². The first-order valence-corrected chi connectivity index (χ1v) is 11.3. The summed E-state index contributed by atoms with van der Waals surface area (Å²) in [7, 11) is 0. The third kappa shape index (κ3) is 4.23. The molecule has 4 nitrogen and oxygen atoms in total. The summed E-state index contributed by atoms with van der Waals surface area (Å²) >= 11 is 1.69. The molecule has 2 unspecified atom stereocenters. The Balaban J connectivity index is 1.42. The number of piperidine rings is 1. The van der Waals surface area contributed by atoms with Gasteiger partial charge in [0, 0.05) is 24.0 Å². The van der Waals surface area contributed by atoms with Gasteiger partial charge < -0.3 is 10.2 Å². The number of carbonyl (C=O) groups excluding carboxylic acids is 2. The fraction of sp³-hybridized carbons (Fsp3) is 0.727. The molecule has 2 amide bonds. The first kappa shape index (κ1) is 19.0. The van der Waals surface area contributed by atoms with E-state index in [2.05, 4.69) is 32.2 Å². The van der Waals surface area contributed by atoms with Gasteiger partial charge in [0.25, 0.3) is 5.91 Å². The van der Waals surface area contributed by atoms with Crippen LogP contribution in [0.4, 0.5) is 0 Å². The minimum Gasteiger partial charge on any atom is -0.353 e. The Morgan fingerprint density at radius 1 is 1.19 bits per heavy atom. The van der Waals surface area contributed by atoms with Crippen LogP contribution >= 0.6 is 11.3 Å². The summed E-state index contributed by atoms with van der Waals surface area (Å²) in [6, 6.07) is 2.54. The van der Waals surface area contributed by atoms with E-state index >= 15 is 0 Å². The molecule has 0 spiro atoms. The zero-order valence-electron chi connectivity index (χ0n) is 16.8. The first-order valence-electron chi connectivity index (χ1n) is 10.5. The largest absolute Gasteiger partial charge is 0.353 e. The Bertz CT molecular complexity index is 729. The zero-order chi connectivity index (χ0) is 19.2. The number of carbonyl (C=O) groups is 2. The Morgan fingerprint density at radius 2 is 1.96 bits per heavy atom. The van der Waals surface area contributed by atoms with Crippen molar-refractivity contribution in [2.45, 2.75) is 71.8 Å². The number of fused-ring (bicyclic) bond motifs is 1. The molecule has 2 fully saturated rings. The average molecular weight is 389 g/mol. The van der Waals surface area contributed by atoms with Crippen molar-refractivity contribution in [3.05, 3.63) is 21.4 Å². The molecule has 4 rings (SSSR count). The van der Waals surface area contributed by atoms with E-state index in [4.69, 9.17) is 0 Å². The normalized spacial score (nSPS) is 25.8. The second-order valence-electron chi connectivity index (χ2n) is 9.74. The molecule has 1 saturated carbocycles. The standard InChI is InChI=1S/C22H32N2O2S/c1-22(2,3)16-6-9-18-15(11-16)12-19(27-18)21(26)24-10-4-5-14(13-24)20(25)23-17-7-8-17/h12,14,16-17H,4-11,13H2,1-3H3,(H,23,25). The molecule has 2 atom stereocenters. The van der Waals surface area contributed by atoms with Crippen molar-refractivity contribution in [3.63, 3.8) is 0 Å². The summed E-state index contributed by atoms with van der Waals surface area (Å²) in [4.78, 5) is 29.7. The number of rotatable bonds is 3. The van der Waals surface area contributed by atoms with E-state index in [1.165, 1.54) is 16.9 Å². The number of amides is 2. The van der Waals surface area contributed by atoms with Crippen molar-refractivity contribution < 1.29 is 9.59 Å². The minimum absolute atomic E-state index is 0.0387. The quantitative estimate of drug-likeness (QED) is 0.850. The molecule has 2 aliphatic carbocycles. The van der Waals surface area contributed by atoms with Crippen molar-refractivity contribution in [2.75, 3.05) is 13.1 Å². The van der Waals surface area contributed by atoms with Crippen molar-refractivity contribution in [3.8, 4) is 0 Å². The molecule has 1 aromatic heterocycles. The average Bonchev–Trinajstić information content (AvgIpc) is 3.34. The Morgan fingerprint density at radius 3 is 2.67 bits per heavy atom. The van der Waals surface area contributed by atoms with Crippen molar-refractivity contribution in [2.24, 2.45) is 17.3 Å². The summed E-state index contributed by atoms with van der Waals surface area (Å²) in [6.07, 6.45) is 7.45. The molecule has 27 heavy (non-hydrogen) atoms. The van der Waals surface area contributed by atoms with Crippen LogP contribution < -0.4 is 5.32 Å². The van der Waals surface area contributed by atoms with Crippen LogP contribution in [-0.4, -0.2) is 35.8 Å². The fourth-order valence-electron chi connectivity index (χ4n) is 4.45. The maximum atomic E-state index is 13.1. The van der Waals surface area contributed by atoms with Gasteiger partial charge in [-0.2, -0.15) is 0 Å². The zero-order valence-corrected chi connectivity index (χ0v) is 17.7. The van der Waals surface area contributed by atoms with E-state index < -0.39 is 0 Å². The number of hydrogen-bond donors (Lipinski definition) is 1. The van der Waals surface area contributed by atoms with Crippen molar-refractivity contribution >= 4 is 23.2 Å². The number of likely N-dealkylation sites (tertiary alicyclic amines) is 1. The highest BCUT2D eigenvalue weighted by Gasteiger charge is 2.34. The van der Waals surface area contributed by atoms with E-state index in [0.29, 0.717) is 23.9 Å². The third-order valence-corrected chi connectivity index (χ3v) is 7.75. The van der Waals surface area contributed by atoms with Gasteiger partial charge in [-0.15, -0.1) is 11.3 Å². The SMILES string of the molecule is CC(C)(C)C1CCc2sc(C(=O)N3CCCC(C(=O)NC4CC4)C3)cc2C1. The lowest BCUT2D eigenvalue weighted by Crippen LogP contribution is -2.45. The molecule has 1 saturated heterocycles. The molecule has 5 heteroatoms. The van der Waals surface area contributed by atoms with E-state index in [1.807, 2.05) is 4.90 Å². The van der Waals surface area contributed by atoms with E-state index in [1.54, 1.807) is 11.3 Å². The highest BCUT2D eigenvalue weighted by atomic mass is 32.1. The highest BCUT2D eigenvalue weighted by Crippen LogP contribution is 2.40. The molecule has 1 aromatic rings. The van der Waals surface area contributed by atoms with Gasteiger partial charge in [-0.05, 0) is 67.9 Å². The topological polar surface area (TPSA) is 49.4 Å². The second kappa shape index (κ2) is 7.23. The number of nitrogens with one attached hydrogen (secondary N) is 1. The number of thiophene rings is 1. The van der Waals surface area contributed by atoms with Crippen LogP contribution in [-0.2, 0) is 17.6 Å². The van der Waals surface area contributed by atoms with E-state index in [9.17, 15) is 9.59 Å². The monoisotopic (exact) mass is 388 g/mol. The smallest absolute Gasteiger partial charge is 0.263 e. The van der Waals surface area contributed by atoms with Gasteiger partial charge in [0.1, 0.15) is 0 Å². The third-order valence-electron chi connectivity index (χ3n) is 6.52. The van der Waals surface area contributed by atoms with Crippen molar-refractivity contribution in [1.82, 2.24) is 10.2 Å². The van der Waals surface area contributed by atoms with Gasteiger partial charge in [-0.1, -0.05) is 20.8 Å². The molecule has 0 bridgehead atoms. The number of nitrogens with zero attached hydrogens (tertiary/aromatic N) is 1. The fourth-order valence-corrected chi connectivity index (χ4v) is 5.62. The lowest BCUT2D eigenvalue weighted by atomic mass is 9.72. The highest BCUT2D eigenvalue weighted by molar-refractivity contribution is 7.14. The van der Waals surface area contributed by atoms with Crippen LogP contribution in [0.3, 0.4) is 0 Å². The predicted octanol–water partition coefficient (Wildman–Crippen LogP) is 4.03. The van der Waals surface area contributed by atoms with Crippen LogP contribution in [0.15, 0.2) is 6.07 Å². The van der Waals surface area contributed by atoms with Crippen LogP contribution in [0.2, 0.25) is 0 Å². The van der Waals surface area contributed by atoms with Crippen LogP contribution in [0, 0.1) is 17.3 Å². The molecule has 0 radical (unpaired) electrons. The van der Waals surface area contributed by atoms with Crippen LogP contribution in [0.1, 0.15) is 73.0 Å². The van der Waals surface area contributed by atoms with Gasteiger partial charge in [-0.3, -0.25) is 9.59 Å². The summed E-state index contributed by atoms with van der Waals surface area (Å²) in [6.45, 7) is 8.31. The van der Waals surface area contributed by atoms with Crippen molar-refractivity contribution in [1.29, 1.82) is 0 Å². The van der Waals surface area contributed by atoms with E-state index in [-0.39, 0.29) is 17.7 Å². The molecule has 148 valence electrons. The molecular formula is C22H32N2O2S.